The predicted molar refractivity (Wildman–Crippen MR) is 182 cm³/mol. The lowest BCUT2D eigenvalue weighted by molar-refractivity contribution is -0.140. The molecule has 0 aliphatic carbocycles. The van der Waals surface area contributed by atoms with Gasteiger partial charge in [0.2, 0.25) is 11.8 Å². The number of halogens is 3. The van der Waals surface area contributed by atoms with Crippen LogP contribution in [-0.2, 0) is 32.6 Å². The van der Waals surface area contributed by atoms with Crippen LogP contribution < -0.4 is 9.62 Å². The third-order valence-corrected chi connectivity index (χ3v) is 10.1. The minimum atomic E-state index is -4.25. The molecule has 0 bridgehead atoms. The first-order chi connectivity index (χ1) is 21.4. The van der Waals surface area contributed by atoms with Gasteiger partial charge >= 0.3 is 0 Å². The molecule has 2 amide bonds. The molecule has 0 aliphatic heterocycles. The van der Waals surface area contributed by atoms with Gasteiger partial charge in [-0.3, -0.25) is 13.9 Å². The maximum atomic E-state index is 14.5. The Hall–Kier alpha value is -3.56. The molecule has 45 heavy (non-hydrogen) atoms. The molecule has 1 N–H and O–H groups in total. The number of aryl methyl sites for hydroxylation is 2. The van der Waals surface area contributed by atoms with Crippen molar-refractivity contribution in [1.29, 1.82) is 0 Å². The van der Waals surface area contributed by atoms with Gasteiger partial charge in [-0.2, -0.15) is 0 Å². The smallest absolute Gasteiger partial charge is 0.264 e. The zero-order valence-electron chi connectivity index (χ0n) is 25.1. The summed E-state index contributed by atoms with van der Waals surface area (Å²) in [6, 6.07) is 24.4. The summed E-state index contributed by atoms with van der Waals surface area (Å²) in [6.45, 7) is 5.10. The number of hydrogen-bond acceptors (Lipinski definition) is 4. The molecular weight excluding hydrogens is 653 g/mol. The average Bonchev–Trinajstić information content (AvgIpc) is 3.00. The SMILES string of the molecule is CCNC(=O)[C@H](Cc1ccccc1)N(Cc1ccc(Cl)cc1Cl)C(=O)CN(c1ccc(C)c(Cl)c1)S(=O)(=O)c1ccc(C)cc1. The number of carbonyl (C=O) groups excluding carboxylic acids is 2. The van der Waals surface area contributed by atoms with Gasteiger partial charge in [-0.05, 0) is 73.9 Å². The van der Waals surface area contributed by atoms with Gasteiger partial charge in [0, 0.05) is 34.6 Å². The van der Waals surface area contributed by atoms with E-state index in [0.717, 1.165) is 21.0 Å². The maximum Gasteiger partial charge on any atom is 0.264 e. The van der Waals surface area contributed by atoms with Crippen LogP contribution in [0.1, 0.15) is 29.2 Å². The Kier molecular flexibility index (Phi) is 11.6. The zero-order chi connectivity index (χ0) is 32.7. The van der Waals surface area contributed by atoms with Crippen LogP contribution in [0.5, 0.6) is 0 Å². The van der Waals surface area contributed by atoms with Crippen LogP contribution in [0.15, 0.2) is 95.9 Å². The van der Waals surface area contributed by atoms with Gasteiger partial charge in [0.25, 0.3) is 10.0 Å². The predicted octanol–water partition coefficient (Wildman–Crippen LogP) is 7.24. The Morgan fingerprint density at radius 2 is 1.53 bits per heavy atom. The monoisotopic (exact) mass is 685 g/mol. The summed E-state index contributed by atoms with van der Waals surface area (Å²) in [5, 5.41) is 3.90. The van der Waals surface area contributed by atoms with Crippen molar-refractivity contribution in [3.05, 3.63) is 128 Å². The van der Waals surface area contributed by atoms with Gasteiger partial charge in [0.1, 0.15) is 12.6 Å². The van der Waals surface area contributed by atoms with Gasteiger partial charge < -0.3 is 10.2 Å². The molecule has 4 aromatic carbocycles. The second-order valence-corrected chi connectivity index (χ2v) is 13.7. The van der Waals surface area contributed by atoms with E-state index in [-0.39, 0.29) is 29.5 Å². The average molecular weight is 687 g/mol. The van der Waals surface area contributed by atoms with Crippen LogP contribution in [0.25, 0.3) is 0 Å². The van der Waals surface area contributed by atoms with E-state index in [2.05, 4.69) is 5.32 Å². The highest BCUT2D eigenvalue weighted by molar-refractivity contribution is 7.92. The standard InChI is InChI=1S/C34H34Cl3N3O4S/c1-4-38-34(42)32(18-25-8-6-5-7-9-25)39(21-26-13-14-27(35)19-31(26)37)33(41)22-40(28-15-12-24(3)30(36)20-28)45(43,44)29-16-10-23(2)11-17-29/h5-17,19-20,32H,4,18,21-22H2,1-3H3,(H,38,42)/t32-/m0/s1. The molecule has 236 valence electrons. The van der Waals surface area contributed by atoms with Crippen LogP contribution in [0.4, 0.5) is 5.69 Å². The van der Waals surface area contributed by atoms with E-state index in [4.69, 9.17) is 34.8 Å². The second-order valence-electron chi connectivity index (χ2n) is 10.6. The van der Waals surface area contributed by atoms with E-state index in [1.807, 2.05) is 37.3 Å². The van der Waals surface area contributed by atoms with Crippen LogP contribution >= 0.6 is 34.8 Å². The quantitative estimate of drug-likeness (QED) is 0.170. The van der Waals surface area contributed by atoms with E-state index >= 15 is 0 Å². The minimum absolute atomic E-state index is 0.00875. The molecule has 0 unspecified atom stereocenters. The van der Waals surface area contributed by atoms with Crippen molar-refractivity contribution in [3.8, 4) is 0 Å². The normalized spacial score (nSPS) is 12.0. The summed E-state index contributed by atoms with van der Waals surface area (Å²) in [6.07, 6.45) is 0.185. The number of benzene rings is 4. The summed E-state index contributed by atoms with van der Waals surface area (Å²) in [4.78, 5) is 29.5. The summed E-state index contributed by atoms with van der Waals surface area (Å²) in [5.74, 6) is -0.994. The zero-order valence-corrected chi connectivity index (χ0v) is 28.2. The highest BCUT2D eigenvalue weighted by Gasteiger charge is 2.35. The molecule has 0 aliphatic rings. The van der Waals surface area contributed by atoms with Gasteiger partial charge in [0.15, 0.2) is 0 Å². The second kappa shape index (κ2) is 15.1. The first-order valence-corrected chi connectivity index (χ1v) is 16.9. The van der Waals surface area contributed by atoms with Crippen molar-refractivity contribution < 1.29 is 18.0 Å². The van der Waals surface area contributed by atoms with Gasteiger partial charge in [-0.25, -0.2) is 8.42 Å². The molecule has 1 atom stereocenters. The molecule has 7 nitrogen and oxygen atoms in total. The number of sulfonamides is 1. The summed E-state index contributed by atoms with van der Waals surface area (Å²) < 4.78 is 29.3. The van der Waals surface area contributed by atoms with Crippen molar-refractivity contribution in [3.63, 3.8) is 0 Å². The molecule has 0 fully saturated rings. The third-order valence-electron chi connectivity index (χ3n) is 7.31. The van der Waals surface area contributed by atoms with Crippen molar-refractivity contribution >= 4 is 62.3 Å². The van der Waals surface area contributed by atoms with E-state index in [1.165, 1.54) is 23.1 Å². The number of rotatable bonds is 12. The Morgan fingerprint density at radius 1 is 0.844 bits per heavy atom. The van der Waals surface area contributed by atoms with Crippen LogP contribution in [-0.4, -0.2) is 44.3 Å². The fraction of sp³-hybridized carbons (Fsp3) is 0.235. The van der Waals surface area contributed by atoms with Crippen molar-refractivity contribution in [2.45, 2.75) is 44.7 Å². The molecule has 0 spiro atoms. The first kappa shape index (κ1) is 34.3. The Balaban J connectivity index is 1.83. The number of carbonyl (C=O) groups is 2. The molecule has 0 saturated heterocycles. The lowest BCUT2D eigenvalue weighted by Crippen LogP contribution is -2.53. The van der Waals surface area contributed by atoms with Crippen LogP contribution in [0.2, 0.25) is 15.1 Å². The summed E-state index contributed by atoms with van der Waals surface area (Å²) in [7, 11) is -4.25. The summed E-state index contributed by atoms with van der Waals surface area (Å²) in [5.41, 5.74) is 3.21. The largest absolute Gasteiger partial charge is 0.355 e. The van der Waals surface area contributed by atoms with E-state index in [0.29, 0.717) is 27.2 Å². The number of hydrogen-bond donors (Lipinski definition) is 1. The fourth-order valence-electron chi connectivity index (χ4n) is 4.78. The Morgan fingerprint density at radius 3 is 2.16 bits per heavy atom. The minimum Gasteiger partial charge on any atom is -0.355 e. The highest BCUT2D eigenvalue weighted by Crippen LogP contribution is 2.30. The van der Waals surface area contributed by atoms with Crippen molar-refractivity contribution in [2.24, 2.45) is 0 Å². The number of nitrogens with one attached hydrogen (secondary N) is 1. The molecule has 0 radical (unpaired) electrons. The van der Waals surface area contributed by atoms with Crippen molar-refractivity contribution in [1.82, 2.24) is 10.2 Å². The first-order valence-electron chi connectivity index (χ1n) is 14.3. The van der Waals surface area contributed by atoms with Gasteiger partial charge in [0.05, 0.1) is 10.6 Å². The Labute approximate surface area is 279 Å². The number of likely N-dealkylation sites (N-methyl/N-ethyl adjacent to an activating group) is 1. The Bertz CT molecular complexity index is 1770. The lowest BCUT2D eigenvalue weighted by Gasteiger charge is -2.34. The molecule has 11 heteroatoms. The highest BCUT2D eigenvalue weighted by atomic mass is 35.5. The molecule has 0 aromatic heterocycles. The van der Waals surface area contributed by atoms with Gasteiger partial charge in [-0.15, -0.1) is 0 Å². The summed E-state index contributed by atoms with van der Waals surface area (Å²) >= 11 is 19.1. The molecule has 4 rings (SSSR count). The van der Waals surface area contributed by atoms with Crippen molar-refractivity contribution in [2.75, 3.05) is 17.4 Å². The molecule has 4 aromatic rings. The number of amides is 2. The van der Waals surface area contributed by atoms with E-state index in [9.17, 15) is 18.0 Å². The van der Waals surface area contributed by atoms with Gasteiger partial charge in [-0.1, -0.05) is 95.0 Å². The maximum absolute atomic E-state index is 14.5. The molecular formula is C34H34Cl3N3O4S. The molecule has 0 saturated carbocycles. The number of anilines is 1. The topological polar surface area (TPSA) is 86.8 Å². The molecule has 0 heterocycles. The lowest BCUT2D eigenvalue weighted by atomic mass is 10.0. The third kappa shape index (κ3) is 8.58. The van der Waals surface area contributed by atoms with Crippen LogP contribution in [0.3, 0.4) is 0 Å². The van der Waals surface area contributed by atoms with E-state index in [1.54, 1.807) is 56.3 Å². The van der Waals surface area contributed by atoms with E-state index < -0.39 is 28.5 Å². The number of nitrogens with zero attached hydrogens (tertiary/aromatic N) is 2. The fourth-order valence-corrected chi connectivity index (χ4v) is 6.83. The van der Waals surface area contributed by atoms with Crippen LogP contribution in [0, 0.1) is 13.8 Å².